The third-order valence-electron chi connectivity index (χ3n) is 4.66. The van der Waals surface area contributed by atoms with Gasteiger partial charge in [0.15, 0.2) is 0 Å². The molecule has 0 aliphatic carbocycles. The molecule has 0 aromatic heterocycles. The molecule has 2 unspecified atom stereocenters. The molecule has 2 aliphatic rings. The highest BCUT2D eigenvalue weighted by atomic mass is 16.5. The van der Waals surface area contributed by atoms with E-state index < -0.39 is 0 Å². The third kappa shape index (κ3) is 3.68. The van der Waals surface area contributed by atoms with Crippen LogP contribution in [0, 0.1) is 0 Å². The van der Waals surface area contributed by atoms with Crippen LogP contribution in [0.25, 0.3) is 0 Å². The highest BCUT2D eigenvalue weighted by molar-refractivity contribution is 5.75. The molecule has 1 fully saturated rings. The summed E-state index contributed by atoms with van der Waals surface area (Å²) in [5, 5.41) is 0. The zero-order valence-corrected chi connectivity index (χ0v) is 13.3. The van der Waals surface area contributed by atoms with Gasteiger partial charge in [0, 0.05) is 20.1 Å². The van der Waals surface area contributed by atoms with E-state index in [1.807, 2.05) is 18.0 Å². The first kappa shape index (κ1) is 15.5. The maximum absolute atomic E-state index is 12.3. The number of carbonyl (C=O) groups is 1. The van der Waals surface area contributed by atoms with Gasteiger partial charge in [0.2, 0.25) is 5.91 Å². The summed E-state index contributed by atoms with van der Waals surface area (Å²) in [5.74, 6) is 0.183. The van der Waals surface area contributed by atoms with Crippen LogP contribution in [0.4, 0.5) is 0 Å². The molecule has 4 nitrogen and oxygen atoms in total. The van der Waals surface area contributed by atoms with Crippen LogP contribution < -0.4 is 0 Å². The largest absolute Gasteiger partial charge is 0.378 e. The molecule has 3 rings (SSSR count). The van der Waals surface area contributed by atoms with Crippen LogP contribution >= 0.6 is 0 Å². The Morgan fingerprint density at radius 1 is 1.27 bits per heavy atom. The molecule has 4 heteroatoms. The van der Waals surface area contributed by atoms with E-state index in [1.165, 1.54) is 11.1 Å². The van der Waals surface area contributed by atoms with Crippen molar-refractivity contribution in [3.8, 4) is 0 Å². The molecule has 0 bridgehead atoms. The minimum atomic E-state index is 0.00151. The molecule has 2 aliphatic heterocycles. The van der Waals surface area contributed by atoms with Gasteiger partial charge < -0.3 is 14.4 Å². The number of likely N-dealkylation sites (N-methyl/N-ethyl adjacent to an activating group) is 1. The second kappa shape index (κ2) is 7.25. The Bertz CT molecular complexity index is 511. The van der Waals surface area contributed by atoms with Gasteiger partial charge in [0.25, 0.3) is 0 Å². The highest BCUT2D eigenvalue weighted by Gasteiger charge is 2.24. The summed E-state index contributed by atoms with van der Waals surface area (Å²) in [6, 6.07) is 8.38. The number of nitrogens with zero attached hydrogens (tertiary/aromatic N) is 1. The average molecular weight is 303 g/mol. The van der Waals surface area contributed by atoms with Crippen molar-refractivity contribution >= 4 is 5.91 Å². The lowest BCUT2D eigenvalue weighted by molar-refractivity contribution is -0.132. The van der Waals surface area contributed by atoms with Crippen molar-refractivity contribution in [1.82, 2.24) is 4.90 Å². The van der Waals surface area contributed by atoms with Crippen molar-refractivity contribution in [1.29, 1.82) is 0 Å². The first-order valence-corrected chi connectivity index (χ1v) is 8.29. The van der Waals surface area contributed by atoms with E-state index in [-0.39, 0.29) is 18.1 Å². The van der Waals surface area contributed by atoms with Crippen molar-refractivity contribution in [2.75, 3.05) is 26.8 Å². The molecule has 0 radical (unpaired) electrons. The van der Waals surface area contributed by atoms with E-state index >= 15 is 0 Å². The summed E-state index contributed by atoms with van der Waals surface area (Å²) in [5.41, 5.74) is 2.58. The molecule has 2 heterocycles. The molecule has 0 spiro atoms. The zero-order chi connectivity index (χ0) is 15.4. The van der Waals surface area contributed by atoms with Crippen LogP contribution in [-0.2, 0) is 20.7 Å². The smallest absolute Gasteiger partial charge is 0.222 e. The Kier molecular flexibility index (Phi) is 5.11. The van der Waals surface area contributed by atoms with E-state index in [1.54, 1.807) is 0 Å². The van der Waals surface area contributed by atoms with Gasteiger partial charge in [-0.2, -0.15) is 0 Å². The summed E-state index contributed by atoms with van der Waals surface area (Å²) in [6.07, 6.45) is 4.87. The van der Waals surface area contributed by atoms with Crippen molar-refractivity contribution in [3.05, 3.63) is 35.4 Å². The SMILES string of the molecule is CN(CC1OCCc2ccccc21)C(=O)CCC1CCCO1. The fourth-order valence-corrected chi connectivity index (χ4v) is 3.33. The Balaban J connectivity index is 1.53. The van der Waals surface area contributed by atoms with Crippen molar-refractivity contribution in [3.63, 3.8) is 0 Å². The second-order valence-corrected chi connectivity index (χ2v) is 6.26. The minimum Gasteiger partial charge on any atom is -0.378 e. The molecular weight excluding hydrogens is 278 g/mol. The fourth-order valence-electron chi connectivity index (χ4n) is 3.33. The topological polar surface area (TPSA) is 38.8 Å². The number of hydrogen-bond acceptors (Lipinski definition) is 3. The number of ether oxygens (including phenoxy) is 2. The lowest BCUT2D eigenvalue weighted by Crippen LogP contribution is -2.34. The minimum absolute atomic E-state index is 0.00151. The van der Waals surface area contributed by atoms with Gasteiger partial charge >= 0.3 is 0 Å². The molecule has 1 aromatic rings. The maximum Gasteiger partial charge on any atom is 0.222 e. The zero-order valence-electron chi connectivity index (χ0n) is 13.3. The molecule has 120 valence electrons. The van der Waals surface area contributed by atoms with Gasteiger partial charge in [-0.05, 0) is 36.8 Å². The molecule has 0 N–H and O–H groups in total. The van der Waals surface area contributed by atoms with Crippen molar-refractivity contribution in [2.45, 2.75) is 44.3 Å². The van der Waals surface area contributed by atoms with E-state index in [0.717, 1.165) is 38.9 Å². The fraction of sp³-hybridized carbons (Fsp3) is 0.611. The van der Waals surface area contributed by atoms with Crippen molar-refractivity contribution < 1.29 is 14.3 Å². The van der Waals surface area contributed by atoms with Gasteiger partial charge in [0.05, 0.1) is 19.3 Å². The van der Waals surface area contributed by atoms with Crippen LogP contribution in [0.5, 0.6) is 0 Å². The number of benzene rings is 1. The maximum atomic E-state index is 12.3. The van der Waals surface area contributed by atoms with Crippen LogP contribution in [0.1, 0.15) is 42.9 Å². The lowest BCUT2D eigenvalue weighted by atomic mass is 9.97. The molecule has 1 saturated heterocycles. The van der Waals surface area contributed by atoms with Gasteiger partial charge in [-0.25, -0.2) is 0 Å². The van der Waals surface area contributed by atoms with Gasteiger partial charge in [-0.1, -0.05) is 24.3 Å². The lowest BCUT2D eigenvalue weighted by Gasteiger charge is -2.30. The monoisotopic (exact) mass is 303 g/mol. The summed E-state index contributed by atoms with van der Waals surface area (Å²) < 4.78 is 11.5. The number of fused-ring (bicyclic) bond motifs is 1. The molecule has 2 atom stereocenters. The summed E-state index contributed by atoms with van der Waals surface area (Å²) in [6.45, 7) is 2.21. The summed E-state index contributed by atoms with van der Waals surface area (Å²) in [4.78, 5) is 14.1. The first-order valence-electron chi connectivity index (χ1n) is 8.29. The van der Waals surface area contributed by atoms with Gasteiger partial charge in [-0.15, -0.1) is 0 Å². The van der Waals surface area contributed by atoms with Gasteiger partial charge in [-0.3, -0.25) is 4.79 Å². The van der Waals surface area contributed by atoms with Crippen LogP contribution in [0.3, 0.4) is 0 Å². The second-order valence-electron chi connectivity index (χ2n) is 6.26. The first-order chi connectivity index (χ1) is 10.7. The van der Waals surface area contributed by atoms with Crippen LogP contribution in [-0.4, -0.2) is 43.7 Å². The Morgan fingerprint density at radius 3 is 2.95 bits per heavy atom. The predicted octanol–water partition coefficient (Wildman–Crippen LogP) is 2.72. The Labute approximate surface area is 132 Å². The quantitative estimate of drug-likeness (QED) is 0.839. The van der Waals surface area contributed by atoms with E-state index in [2.05, 4.69) is 18.2 Å². The highest BCUT2D eigenvalue weighted by Crippen LogP contribution is 2.27. The van der Waals surface area contributed by atoms with Crippen LogP contribution in [0.15, 0.2) is 24.3 Å². The molecular formula is C18H25NO3. The van der Waals surface area contributed by atoms with Crippen molar-refractivity contribution in [2.24, 2.45) is 0 Å². The Morgan fingerprint density at radius 2 is 2.14 bits per heavy atom. The molecule has 0 saturated carbocycles. The average Bonchev–Trinajstić information content (AvgIpc) is 3.06. The molecule has 22 heavy (non-hydrogen) atoms. The van der Waals surface area contributed by atoms with Gasteiger partial charge in [0.1, 0.15) is 6.10 Å². The molecule has 1 aromatic carbocycles. The van der Waals surface area contributed by atoms with E-state index in [0.29, 0.717) is 13.0 Å². The van der Waals surface area contributed by atoms with Crippen LogP contribution in [0.2, 0.25) is 0 Å². The predicted molar refractivity (Wildman–Crippen MR) is 84.7 cm³/mol. The number of hydrogen-bond donors (Lipinski definition) is 0. The number of amides is 1. The Hall–Kier alpha value is -1.39. The van der Waals surface area contributed by atoms with E-state index in [9.17, 15) is 4.79 Å². The normalized spacial score (nSPS) is 24.0. The third-order valence-corrected chi connectivity index (χ3v) is 4.66. The molecule has 1 amide bonds. The summed E-state index contributed by atoms with van der Waals surface area (Å²) >= 11 is 0. The standard InChI is InChI=1S/C18H25NO3/c1-19(18(20)9-8-15-6-4-11-21-15)13-17-16-7-3-2-5-14(16)10-12-22-17/h2-3,5,7,15,17H,4,6,8-13H2,1H3. The number of carbonyl (C=O) groups excluding carboxylic acids is 1. The number of rotatable bonds is 5. The van der Waals surface area contributed by atoms with E-state index in [4.69, 9.17) is 9.47 Å². The summed E-state index contributed by atoms with van der Waals surface area (Å²) in [7, 11) is 1.87.